The van der Waals surface area contributed by atoms with Crippen LogP contribution in [-0.4, -0.2) is 35.0 Å². The summed E-state index contributed by atoms with van der Waals surface area (Å²) < 4.78 is 5.34. The third kappa shape index (κ3) is 4.78. The smallest absolute Gasteiger partial charge is 0.338 e. The molecule has 4 rings (SSSR count). The molecule has 0 unspecified atom stereocenters. The van der Waals surface area contributed by atoms with Gasteiger partial charge in [0, 0.05) is 23.8 Å². The standard InChI is InChI=1S/C26H29N3O3S/c1-4-29-16(3)22(25(31)32-5-2)23(28-26(29)33)18-12-9-13-19(14-18)27-24(30)21-15-20(21)17-10-7-6-8-11-17/h6-14,20-21,23H,4-5,15H2,1-3H3,(H,27,30)(H,28,33)/t20-,21+,23-/m1/s1. The Kier molecular flexibility index (Phi) is 6.79. The minimum absolute atomic E-state index is 0.0163. The van der Waals surface area contributed by atoms with Crippen molar-refractivity contribution in [3.63, 3.8) is 0 Å². The SMILES string of the molecule is CCOC(=O)C1=C(C)N(CC)C(=S)N[C@@H]1c1cccc(NC(=O)[C@H]2C[C@@H]2c2ccccc2)c1. The molecule has 1 amide bonds. The van der Waals surface area contributed by atoms with Crippen molar-refractivity contribution >= 4 is 34.9 Å². The highest BCUT2D eigenvalue weighted by Crippen LogP contribution is 2.48. The highest BCUT2D eigenvalue weighted by molar-refractivity contribution is 7.80. The van der Waals surface area contributed by atoms with Crippen LogP contribution in [0.1, 0.15) is 50.3 Å². The predicted molar refractivity (Wildman–Crippen MR) is 133 cm³/mol. The summed E-state index contributed by atoms with van der Waals surface area (Å²) in [5.74, 6) is -0.103. The number of carbonyl (C=O) groups is 2. The fraction of sp³-hybridized carbons (Fsp3) is 0.346. The summed E-state index contributed by atoms with van der Waals surface area (Å²) >= 11 is 5.55. The monoisotopic (exact) mass is 463 g/mol. The lowest BCUT2D eigenvalue weighted by Crippen LogP contribution is -2.47. The number of amides is 1. The summed E-state index contributed by atoms with van der Waals surface area (Å²) in [6.45, 7) is 6.60. The molecule has 2 aliphatic rings. The molecule has 1 aliphatic heterocycles. The van der Waals surface area contributed by atoms with E-state index in [4.69, 9.17) is 17.0 Å². The Hall–Kier alpha value is -3.19. The van der Waals surface area contributed by atoms with Gasteiger partial charge in [0.1, 0.15) is 0 Å². The van der Waals surface area contributed by atoms with E-state index in [2.05, 4.69) is 22.8 Å². The number of nitrogens with one attached hydrogen (secondary N) is 2. The lowest BCUT2D eigenvalue weighted by molar-refractivity contribution is -0.139. The van der Waals surface area contributed by atoms with Gasteiger partial charge in [-0.1, -0.05) is 42.5 Å². The van der Waals surface area contributed by atoms with Crippen molar-refractivity contribution in [2.75, 3.05) is 18.5 Å². The van der Waals surface area contributed by atoms with Gasteiger partial charge in [-0.2, -0.15) is 0 Å². The van der Waals surface area contributed by atoms with E-state index in [9.17, 15) is 9.59 Å². The predicted octanol–water partition coefficient (Wildman–Crippen LogP) is 4.52. The van der Waals surface area contributed by atoms with E-state index < -0.39 is 6.04 Å². The number of carbonyl (C=O) groups excluding carboxylic acids is 2. The van der Waals surface area contributed by atoms with Gasteiger partial charge in [0.15, 0.2) is 5.11 Å². The minimum atomic E-state index is -0.450. The number of anilines is 1. The maximum atomic E-state index is 12.9. The number of hydrogen-bond donors (Lipinski definition) is 2. The van der Waals surface area contributed by atoms with Crippen LogP contribution in [0.25, 0.3) is 0 Å². The highest BCUT2D eigenvalue weighted by atomic mass is 32.1. The molecule has 0 spiro atoms. The van der Waals surface area contributed by atoms with E-state index in [-0.39, 0.29) is 23.7 Å². The number of benzene rings is 2. The number of thiocarbonyl (C=S) groups is 1. The number of rotatable bonds is 7. The van der Waals surface area contributed by atoms with E-state index in [0.29, 0.717) is 29.5 Å². The molecule has 7 heteroatoms. The van der Waals surface area contributed by atoms with Crippen molar-refractivity contribution in [3.05, 3.63) is 77.0 Å². The molecule has 0 aromatic heterocycles. The van der Waals surface area contributed by atoms with Crippen molar-refractivity contribution in [1.29, 1.82) is 0 Å². The summed E-state index contributed by atoms with van der Waals surface area (Å²) in [7, 11) is 0. The molecule has 6 nitrogen and oxygen atoms in total. The van der Waals surface area contributed by atoms with Crippen molar-refractivity contribution in [1.82, 2.24) is 10.2 Å². The molecule has 0 bridgehead atoms. The third-order valence-corrected chi connectivity index (χ3v) is 6.59. The molecule has 33 heavy (non-hydrogen) atoms. The lowest BCUT2D eigenvalue weighted by atomic mass is 9.94. The summed E-state index contributed by atoms with van der Waals surface area (Å²) in [4.78, 5) is 27.6. The molecule has 0 radical (unpaired) electrons. The quantitative estimate of drug-likeness (QED) is 0.465. The molecule has 0 saturated heterocycles. The Labute approximate surface area is 200 Å². The van der Waals surface area contributed by atoms with Gasteiger partial charge in [-0.05, 0) is 68.6 Å². The number of allylic oxidation sites excluding steroid dienone is 1. The van der Waals surface area contributed by atoms with Crippen molar-refractivity contribution in [2.24, 2.45) is 5.92 Å². The Balaban J connectivity index is 1.55. The van der Waals surface area contributed by atoms with Gasteiger partial charge in [-0.15, -0.1) is 0 Å². The number of nitrogens with zero attached hydrogens (tertiary/aromatic N) is 1. The molecule has 2 aromatic rings. The van der Waals surface area contributed by atoms with E-state index in [1.807, 2.05) is 61.2 Å². The molecule has 3 atom stereocenters. The number of hydrogen-bond acceptors (Lipinski definition) is 4. The van der Waals surface area contributed by atoms with Crippen LogP contribution < -0.4 is 10.6 Å². The maximum absolute atomic E-state index is 12.9. The average Bonchev–Trinajstić information content (AvgIpc) is 3.61. The van der Waals surface area contributed by atoms with Crippen LogP contribution in [0.15, 0.2) is 65.9 Å². The second-order valence-corrected chi connectivity index (χ2v) is 8.71. The van der Waals surface area contributed by atoms with Crippen molar-refractivity contribution in [2.45, 2.75) is 39.2 Å². The molecule has 1 saturated carbocycles. The van der Waals surface area contributed by atoms with Crippen LogP contribution in [0.3, 0.4) is 0 Å². The molecule has 1 heterocycles. The molecular weight excluding hydrogens is 434 g/mol. The van der Waals surface area contributed by atoms with Crippen LogP contribution in [0.2, 0.25) is 0 Å². The largest absolute Gasteiger partial charge is 0.463 e. The van der Waals surface area contributed by atoms with Crippen molar-refractivity contribution in [3.8, 4) is 0 Å². The van der Waals surface area contributed by atoms with Gasteiger partial charge in [-0.3, -0.25) is 4.79 Å². The first kappa shape index (κ1) is 23.0. The van der Waals surface area contributed by atoms with Gasteiger partial charge < -0.3 is 20.3 Å². The normalized spacial score (nSPS) is 22.0. The van der Waals surface area contributed by atoms with E-state index in [0.717, 1.165) is 17.7 Å². The third-order valence-electron chi connectivity index (χ3n) is 6.25. The van der Waals surface area contributed by atoms with Crippen LogP contribution in [0.5, 0.6) is 0 Å². The molecule has 2 aromatic carbocycles. The van der Waals surface area contributed by atoms with Crippen LogP contribution in [0, 0.1) is 5.92 Å². The summed E-state index contributed by atoms with van der Waals surface area (Å²) in [5, 5.41) is 6.90. The van der Waals surface area contributed by atoms with E-state index in [1.165, 1.54) is 5.56 Å². The molecular formula is C26H29N3O3S. The Morgan fingerprint density at radius 1 is 1.12 bits per heavy atom. The summed E-state index contributed by atoms with van der Waals surface area (Å²) in [6, 6.07) is 17.2. The topological polar surface area (TPSA) is 70.7 Å². The Morgan fingerprint density at radius 3 is 2.55 bits per heavy atom. The zero-order chi connectivity index (χ0) is 23.5. The van der Waals surface area contributed by atoms with E-state index in [1.54, 1.807) is 6.92 Å². The zero-order valence-electron chi connectivity index (χ0n) is 19.1. The average molecular weight is 464 g/mol. The van der Waals surface area contributed by atoms with Gasteiger partial charge in [0.05, 0.1) is 18.2 Å². The lowest BCUT2D eigenvalue weighted by Gasteiger charge is -2.37. The zero-order valence-corrected chi connectivity index (χ0v) is 19.9. The fourth-order valence-corrected chi connectivity index (χ4v) is 4.85. The summed E-state index contributed by atoms with van der Waals surface area (Å²) in [6.07, 6.45) is 0.857. The van der Waals surface area contributed by atoms with Crippen LogP contribution >= 0.6 is 12.2 Å². The number of ether oxygens (including phenoxy) is 1. The molecule has 172 valence electrons. The maximum Gasteiger partial charge on any atom is 0.338 e. The van der Waals surface area contributed by atoms with Crippen LogP contribution in [0.4, 0.5) is 5.69 Å². The second-order valence-electron chi connectivity index (χ2n) is 8.32. The first-order chi connectivity index (χ1) is 15.9. The van der Waals surface area contributed by atoms with Crippen LogP contribution in [-0.2, 0) is 14.3 Å². The second kappa shape index (κ2) is 9.75. The molecule has 1 aliphatic carbocycles. The fourth-order valence-electron chi connectivity index (χ4n) is 4.47. The first-order valence-corrected chi connectivity index (χ1v) is 11.8. The number of esters is 1. The van der Waals surface area contributed by atoms with E-state index >= 15 is 0 Å². The Bertz CT molecular complexity index is 1100. The Morgan fingerprint density at radius 2 is 1.85 bits per heavy atom. The minimum Gasteiger partial charge on any atom is -0.463 e. The van der Waals surface area contributed by atoms with Gasteiger partial charge in [-0.25, -0.2) is 4.79 Å². The molecule has 1 fully saturated rings. The summed E-state index contributed by atoms with van der Waals surface area (Å²) in [5.41, 5.74) is 4.04. The molecule has 2 N–H and O–H groups in total. The first-order valence-electron chi connectivity index (χ1n) is 11.4. The van der Waals surface area contributed by atoms with Gasteiger partial charge in [0.25, 0.3) is 0 Å². The van der Waals surface area contributed by atoms with Crippen molar-refractivity contribution < 1.29 is 14.3 Å². The van der Waals surface area contributed by atoms with Gasteiger partial charge in [0.2, 0.25) is 5.91 Å². The van der Waals surface area contributed by atoms with Gasteiger partial charge >= 0.3 is 5.97 Å². The highest BCUT2D eigenvalue weighted by Gasteiger charge is 2.44.